The van der Waals surface area contributed by atoms with E-state index >= 15 is 0 Å². The van der Waals surface area contributed by atoms with Crippen molar-refractivity contribution in [1.82, 2.24) is 5.32 Å². The topological polar surface area (TPSA) is 30.5 Å². The largest absolute Gasteiger partial charge is 0.381 e. The number of nitrogens with one attached hydrogen (secondary N) is 1. The van der Waals surface area contributed by atoms with Crippen LogP contribution in [-0.4, -0.2) is 38.5 Å². The third kappa shape index (κ3) is 2.35. The standard InChI is InChI=1S/C11H21NO2/c1-4-10(12-5-2)11(13-3)6-8-14-9-7-11/h4,10,12H,1,5-9H2,2-3H3. The highest BCUT2D eigenvalue weighted by Gasteiger charge is 2.38. The van der Waals surface area contributed by atoms with Crippen LogP contribution in [0, 0.1) is 0 Å². The van der Waals surface area contributed by atoms with Crippen molar-refractivity contribution in [1.29, 1.82) is 0 Å². The second-order valence-corrected chi connectivity index (χ2v) is 3.65. The smallest absolute Gasteiger partial charge is 0.0910 e. The first-order valence-electron chi connectivity index (χ1n) is 5.28. The van der Waals surface area contributed by atoms with Crippen molar-refractivity contribution in [2.24, 2.45) is 0 Å². The molecule has 1 unspecified atom stereocenters. The maximum Gasteiger partial charge on any atom is 0.0910 e. The summed E-state index contributed by atoms with van der Waals surface area (Å²) in [5.41, 5.74) is -0.115. The summed E-state index contributed by atoms with van der Waals surface area (Å²) in [4.78, 5) is 0. The van der Waals surface area contributed by atoms with E-state index in [1.165, 1.54) is 0 Å². The van der Waals surface area contributed by atoms with Crippen molar-refractivity contribution in [2.45, 2.75) is 31.4 Å². The SMILES string of the molecule is C=CC(NCC)C1(OC)CCOCC1. The van der Waals surface area contributed by atoms with E-state index in [-0.39, 0.29) is 11.6 Å². The molecule has 1 aliphatic heterocycles. The zero-order valence-electron chi connectivity index (χ0n) is 9.21. The van der Waals surface area contributed by atoms with Gasteiger partial charge in [-0.15, -0.1) is 6.58 Å². The predicted molar refractivity (Wildman–Crippen MR) is 57.5 cm³/mol. The van der Waals surface area contributed by atoms with Gasteiger partial charge in [-0.1, -0.05) is 13.0 Å². The summed E-state index contributed by atoms with van der Waals surface area (Å²) >= 11 is 0. The van der Waals surface area contributed by atoms with Gasteiger partial charge in [-0.2, -0.15) is 0 Å². The average molecular weight is 199 g/mol. The maximum atomic E-state index is 5.67. The Bertz CT molecular complexity index is 176. The maximum absolute atomic E-state index is 5.67. The van der Waals surface area contributed by atoms with Gasteiger partial charge in [0.2, 0.25) is 0 Å². The van der Waals surface area contributed by atoms with Crippen LogP contribution in [0.15, 0.2) is 12.7 Å². The van der Waals surface area contributed by atoms with Crippen molar-refractivity contribution in [3.8, 4) is 0 Å². The molecule has 0 aromatic carbocycles. The van der Waals surface area contributed by atoms with Gasteiger partial charge in [0, 0.05) is 33.2 Å². The Morgan fingerprint density at radius 2 is 2.21 bits per heavy atom. The summed E-state index contributed by atoms with van der Waals surface area (Å²) in [5, 5.41) is 3.40. The van der Waals surface area contributed by atoms with Crippen LogP contribution in [-0.2, 0) is 9.47 Å². The molecule has 1 rings (SSSR count). The Morgan fingerprint density at radius 1 is 1.57 bits per heavy atom. The normalized spacial score (nSPS) is 23.0. The second kappa shape index (κ2) is 5.49. The first-order valence-corrected chi connectivity index (χ1v) is 5.28. The van der Waals surface area contributed by atoms with Gasteiger partial charge in [-0.25, -0.2) is 0 Å². The highest BCUT2D eigenvalue weighted by atomic mass is 16.5. The molecule has 1 fully saturated rings. The van der Waals surface area contributed by atoms with E-state index in [2.05, 4.69) is 18.8 Å². The fraction of sp³-hybridized carbons (Fsp3) is 0.818. The molecule has 0 bridgehead atoms. The number of likely N-dealkylation sites (N-methyl/N-ethyl adjacent to an activating group) is 1. The van der Waals surface area contributed by atoms with Gasteiger partial charge in [0.05, 0.1) is 11.6 Å². The van der Waals surface area contributed by atoms with E-state index in [9.17, 15) is 0 Å². The Labute approximate surface area is 86.5 Å². The van der Waals surface area contributed by atoms with E-state index in [1.807, 2.05) is 6.08 Å². The molecule has 0 saturated carbocycles. The van der Waals surface area contributed by atoms with Gasteiger partial charge in [0.1, 0.15) is 0 Å². The third-order valence-electron chi connectivity index (χ3n) is 2.97. The summed E-state index contributed by atoms with van der Waals surface area (Å²) in [6.07, 6.45) is 3.82. The molecule has 0 radical (unpaired) electrons. The molecule has 1 N–H and O–H groups in total. The number of hydrogen-bond donors (Lipinski definition) is 1. The Balaban J connectivity index is 2.68. The highest BCUT2D eigenvalue weighted by Crippen LogP contribution is 2.28. The van der Waals surface area contributed by atoms with Crippen LogP contribution in [0.1, 0.15) is 19.8 Å². The van der Waals surface area contributed by atoms with E-state index in [1.54, 1.807) is 7.11 Å². The summed E-state index contributed by atoms with van der Waals surface area (Å²) in [7, 11) is 1.78. The summed E-state index contributed by atoms with van der Waals surface area (Å²) in [6.45, 7) is 8.46. The minimum Gasteiger partial charge on any atom is -0.381 e. The van der Waals surface area contributed by atoms with Crippen molar-refractivity contribution >= 4 is 0 Å². The molecule has 0 aliphatic carbocycles. The van der Waals surface area contributed by atoms with Crippen LogP contribution in [0.25, 0.3) is 0 Å². The molecule has 0 aromatic rings. The predicted octanol–water partition coefficient (Wildman–Crippen LogP) is 1.35. The van der Waals surface area contributed by atoms with Gasteiger partial charge in [-0.05, 0) is 6.54 Å². The zero-order valence-corrected chi connectivity index (χ0v) is 9.21. The number of rotatable bonds is 5. The Hall–Kier alpha value is -0.380. The minimum absolute atomic E-state index is 0.115. The minimum atomic E-state index is -0.115. The molecule has 1 aliphatic rings. The molecule has 3 heteroatoms. The summed E-state index contributed by atoms with van der Waals surface area (Å²) in [5.74, 6) is 0. The van der Waals surface area contributed by atoms with Crippen LogP contribution < -0.4 is 5.32 Å². The Kier molecular flexibility index (Phi) is 4.58. The number of hydrogen-bond acceptors (Lipinski definition) is 3. The van der Waals surface area contributed by atoms with Crippen molar-refractivity contribution in [2.75, 3.05) is 26.9 Å². The molecular formula is C11H21NO2. The van der Waals surface area contributed by atoms with Gasteiger partial charge in [0.25, 0.3) is 0 Å². The first kappa shape index (κ1) is 11.7. The number of ether oxygens (including phenoxy) is 2. The van der Waals surface area contributed by atoms with Gasteiger partial charge < -0.3 is 14.8 Å². The molecule has 0 aromatic heterocycles. The molecule has 0 amide bonds. The zero-order chi connectivity index (χ0) is 10.4. The van der Waals surface area contributed by atoms with Gasteiger partial charge in [0.15, 0.2) is 0 Å². The monoisotopic (exact) mass is 199 g/mol. The molecule has 3 nitrogen and oxygen atoms in total. The first-order chi connectivity index (χ1) is 6.79. The van der Waals surface area contributed by atoms with E-state index in [0.29, 0.717) is 0 Å². The van der Waals surface area contributed by atoms with Crippen LogP contribution in [0.2, 0.25) is 0 Å². The van der Waals surface area contributed by atoms with E-state index in [4.69, 9.17) is 9.47 Å². The quantitative estimate of drug-likeness (QED) is 0.678. The lowest BCUT2D eigenvalue weighted by Crippen LogP contribution is -2.54. The van der Waals surface area contributed by atoms with Crippen LogP contribution in [0.4, 0.5) is 0 Å². The lowest BCUT2D eigenvalue weighted by molar-refractivity contribution is -0.101. The van der Waals surface area contributed by atoms with Crippen LogP contribution in [0.3, 0.4) is 0 Å². The van der Waals surface area contributed by atoms with Crippen LogP contribution >= 0.6 is 0 Å². The Morgan fingerprint density at radius 3 is 2.64 bits per heavy atom. The molecule has 82 valence electrons. The van der Waals surface area contributed by atoms with E-state index < -0.39 is 0 Å². The second-order valence-electron chi connectivity index (χ2n) is 3.65. The molecule has 1 atom stereocenters. The lowest BCUT2D eigenvalue weighted by atomic mass is 9.86. The van der Waals surface area contributed by atoms with Gasteiger partial charge in [-0.3, -0.25) is 0 Å². The fourth-order valence-electron chi connectivity index (χ4n) is 2.06. The van der Waals surface area contributed by atoms with Gasteiger partial charge >= 0.3 is 0 Å². The summed E-state index contributed by atoms with van der Waals surface area (Å²) < 4.78 is 11.0. The van der Waals surface area contributed by atoms with Crippen molar-refractivity contribution in [3.05, 3.63) is 12.7 Å². The molecule has 0 spiro atoms. The molecule has 1 heterocycles. The molecule has 14 heavy (non-hydrogen) atoms. The highest BCUT2D eigenvalue weighted by molar-refractivity contribution is 5.03. The van der Waals surface area contributed by atoms with Crippen molar-refractivity contribution in [3.63, 3.8) is 0 Å². The molecule has 1 saturated heterocycles. The van der Waals surface area contributed by atoms with Crippen LogP contribution in [0.5, 0.6) is 0 Å². The van der Waals surface area contributed by atoms with Crippen molar-refractivity contribution < 1.29 is 9.47 Å². The molecular weight excluding hydrogens is 178 g/mol. The number of methoxy groups -OCH3 is 1. The van der Waals surface area contributed by atoms with E-state index in [0.717, 1.165) is 32.6 Å². The summed E-state index contributed by atoms with van der Waals surface area (Å²) in [6, 6.07) is 0.224. The fourth-order valence-corrected chi connectivity index (χ4v) is 2.06. The lowest BCUT2D eigenvalue weighted by Gasteiger charge is -2.41. The average Bonchev–Trinajstić information content (AvgIpc) is 2.27. The third-order valence-corrected chi connectivity index (χ3v) is 2.97.